The first-order valence-corrected chi connectivity index (χ1v) is 25.5. The molecule has 70 heavy (non-hydrogen) atoms. The van der Waals surface area contributed by atoms with Gasteiger partial charge in [-0.2, -0.15) is 0 Å². The first-order valence-electron chi connectivity index (χ1n) is 25.5. The smallest absolute Gasteiger partial charge is 0.119 e. The molecule has 1 fully saturated rings. The van der Waals surface area contributed by atoms with E-state index in [-0.39, 0.29) is 41.3 Å². The van der Waals surface area contributed by atoms with Crippen LogP contribution < -0.4 is 18.9 Å². The molecule has 11 nitrogen and oxygen atoms in total. The normalized spacial score (nSPS) is 13.2. The van der Waals surface area contributed by atoms with E-state index in [0.29, 0.717) is 32.5 Å². The average Bonchev–Trinajstić information content (AvgIpc) is 4.15. The Balaban J connectivity index is 0.000000644. The Kier molecular flexibility index (Phi) is 38.8. The summed E-state index contributed by atoms with van der Waals surface area (Å²) in [6.07, 6.45) is 16.5. The molecule has 3 unspecified atom stereocenters. The highest BCUT2D eigenvalue weighted by Gasteiger charge is 2.13. The Morgan fingerprint density at radius 3 is 0.829 bits per heavy atom. The van der Waals surface area contributed by atoms with Crippen LogP contribution >= 0.6 is 0 Å². The molecule has 1 aliphatic rings. The van der Waals surface area contributed by atoms with Crippen LogP contribution in [0.4, 0.5) is 0 Å². The molecular formula is C58H90BO11. The molecule has 4 aromatic rings. The Hall–Kier alpha value is -4.14. The van der Waals surface area contributed by atoms with E-state index in [0.717, 1.165) is 181 Å². The predicted molar refractivity (Wildman–Crippen MR) is 287 cm³/mol. The average molecular weight is 974 g/mol. The number of aliphatic hydroxyl groups excluding tert-OH is 4. The molecule has 0 amide bonds. The molecule has 5 rings (SSSR count). The molecule has 4 N–H and O–H groups in total. The summed E-state index contributed by atoms with van der Waals surface area (Å²) in [5, 5.41) is 35.8. The molecule has 0 spiro atoms. The van der Waals surface area contributed by atoms with Gasteiger partial charge in [0.05, 0.1) is 64.6 Å². The maximum atomic E-state index is 9.15. The van der Waals surface area contributed by atoms with Gasteiger partial charge < -0.3 is 53.6 Å². The molecule has 0 aliphatic carbocycles. The SMILES string of the molecule is C.CC(O)COCCCCCCOc1ccc(-c2ccc(OCCCCCCOCC(C)O)cc2)cc1.CC1CO1.OCCCCCCOc1ccc(-c2ccc(OCCCCCCO)cc2)cc1.[B]. The second kappa shape index (κ2) is 42.5. The first kappa shape index (κ1) is 63.9. The van der Waals surface area contributed by atoms with Gasteiger partial charge in [0.1, 0.15) is 23.0 Å². The van der Waals surface area contributed by atoms with Gasteiger partial charge in [-0.1, -0.05) is 81.6 Å². The van der Waals surface area contributed by atoms with Crippen molar-refractivity contribution in [3.8, 4) is 45.3 Å². The number of hydrogen-bond donors (Lipinski definition) is 4. The molecule has 1 saturated heterocycles. The van der Waals surface area contributed by atoms with Gasteiger partial charge in [0, 0.05) is 34.8 Å². The van der Waals surface area contributed by atoms with Crippen molar-refractivity contribution in [2.24, 2.45) is 0 Å². The van der Waals surface area contributed by atoms with Crippen molar-refractivity contribution >= 4 is 8.41 Å². The molecule has 0 bridgehead atoms. The maximum absolute atomic E-state index is 9.15. The third-order valence-electron chi connectivity index (χ3n) is 10.8. The Labute approximate surface area is 424 Å². The van der Waals surface area contributed by atoms with Crippen molar-refractivity contribution in [3.63, 3.8) is 0 Å². The van der Waals surface area contributed by atoms with E-state index in [1.54, 1.807) is 13.8 Å². The van der Waals surface area contributed by atoms with Gasteiger partial charge in [-0.15, -0.1) is 0 Å². The summed E-state index contributed by atoms with van der Waals surface area (Å²) >= 11 is 0. The highest BCUT2D eigenvalue weighted by atomic mass is 16.6. The van der Waals surface area contributed by atoms with Crippen LogP contribution in [0, 0.1) is 0 Å². The monoisotopic (exact) mass is 974 g/mol. The van der Waals surface area contributed by atoms with E-state index >= 15 is 0 Å². The number of unbranched alkanes of at least 4 members (excludes halogenated alkanes) is 12. The van der Waals surface area contributed by atoms with Crippen LogP contribution in [-0.2, 0) is 14.2 Å². The van der Waals surface area contributed by atoms with Gasteiger partial charge in [-0.05, 0) is 169 Å². The molecule has 12 heteroatoms. The van der Waals surface area contributed by atoms with Crippen molar-refractivity contribution in [3.05, 3.63) is 97.1 Å². The lowest BCUT2D eigenvalue weighted by Crippen LogP contribution is -2.10. The summed E-state index contributed by atoms with van der Waals surface area (Å²) in [6, 6.07) is 32.9. The lowest BCUT2D eigenvalue weighted by atomic mass is 10.1. The number of benzene rings is 4. The van der Waals surface area contributed by atoms with Crippen LogP contribution in [0.5, 0.6) is 23.0 Å². The van der Waals surface area contributed by atoms with Crippen LogP contribution in [0.25, 0.3) is 22.3 Å². The minimum absolute atomic E-state index is 0. The number of hydrogen-bond acceptors (Lipinski definition) is 11. The summed E-state index contributed by atoms with van der Waals surface area (Å²) < 4.78 is 38.8. The molecule has 1 heterocycles. The number of ether oxygens (including phenoxy) is 7. The fraction of sp³-hybridized carbons (Fsp3) is 0.586. The zero-order valence-electron chi connectivity index (χ0n) is 42.3. The molecule has 3 radical (unpaired) electrons. The van der Waals surface area contributed by atoms with Crippen LogP contribution in [0.2, 0.25) is 0 Å². The summed E-state index contributed by atoms with van der Waals surface area (Å²) in [5.74, 6) is 3.58. The number of rotatable bonds is 36. The third kappa shape index (κ3) is 33.4. The van der Waals surface area contributed by atoms with Gasteiger partial charge in [0.25, 0.3) is 0 Å². The molecule has 4 aromatic carbocycles. The van der Waals surface area contributed by atoms with Crippen molar-refractivity contribution < 1.29 is 53.6 Å². The predicted octanol–water partition coefficient (Wildman–Crippen LogP) is 11.9. The molecule has 0 aromatic heterocycles. The fourth-order valence-electron chi connectivity index (χ4n) is 6.79. The largest absolute Gasteiger partial charge is 0.494 e. The summed E-state index contributed by atoms with van der Waals surface area (Å²) in [5.41, 5.74) is 4.63. The van der Waals surface area contributed by atoms with E-state index in [1.165, 1.54) is 0 Å². The number of epoxide rings is 1. The first-order chi connectivity index (χ1) is 33.3. The fourth-order valence-corrected chi connectivity index (χ4v) is 6.79. The quantitative estimate of drug-likeness (QED) is 0.0196. The third-order valence-corrected chi connectivity index (χ3v) is 10.8. The van der Waals surface area contributed by atoms with Gasteiger partial charge in [0.2, 0.25) is 0 Å². The summed E-state index contributed by atoms with van der Waals surface area (Å²) in [7, 11) is 0. The molecule has 391 valence electrons. The van der Waals surface area contributed by atoms with Crippen molar-refractivity contribution in [1.82, 2.24) is 0 Å². The van der Waals surface area contributed by atoms with Gasteiger partial charge in [0.15, 0.2) is 0 Å². The van der Waals surface area contributed by atoms with E-state index < -0.39 is 0 Å². The highest BCUT2D eigenvalue weighted by Crippen LogP contribution is 2.27. The van der Waals surface area contributed by atoms with E-state index in [2.05, 4.69) is 55.5 Å². The van der Waals surface area contributed by atoms with E-state index in [4.69, 9.17) is 53.6 Å². The minimum Gasteiger partial charge on any atom is -0.494 e. The van der Waals surface area contributed by atoms with Crippen molar-refractivity contribution in [2.45, 2.75) is 149 Å². The standard InChI is InChI=1S/C30H46O6.C24H34O4.C3H6O.CH4.B/c1-25(31)23-33-19-7-3-5-9-21-35-29-15-11-27(12-16-29)28-13-17-30(18-14-28)36-22-10-6-4-8-20-34-24-26(2)32;25-17-5-1-3-7-19-27-23-13-9-21(10-14-23)22-11-15-24(16-12-22)28-20-8-4-2-6-18-26;1-3-2-4-3;;/h11-18,25-26,31-32H,3-10,19-24H2,1-2H3;9-16,25-26H,1-8,17-20H2;3H,2H2,1H3;1H4;. The van der Waals surface area contributed by atoms with Gasteiger partial charge in [-0.3, -0.25) is 0 Å². The number of aliphatic hydroxyl groups is 4. The van der Waals surface area contributed by atoms with Crippen LogP contribution in [-0.4, -0.2) is 120 Å². The van der Waals surface area contributed by atoms with Crippen molar-refractivity contribution in [1.29, 1.82) is 0 Å². The van der Waals surface area contributed by atoms with Crippen LogP contribution in [0.15, 0.2) is 97.1 Å². The van der Waals surface area contributed by atoms with Crippen molar-refractivity contribution in [2.75, 3.05) is 72.7 Å². The second-order valence-corrected chi connectivity index (χ2v) is 17.6. The summed E-state index contributed by atoms with van der Waals surface area (Å²) in [4.78, 5) is 0. The van der Waals surface area contributed by atoms with Gasteiger partial charge in [-0.25, -0.2) is 0 Å². The van der Waals surface area contributed by atoms with E-state index in [9.17, 15) is 0 Å². The second-order valence-electron chi connectivity index (χ2n) is 17.6. The zero-order chi connectivity index (χ0) is 48.7. The van der Waals surface area contributed by atoms with Gasteiger partial charge >= 0.3 is 0 Å². The lowest BCUT2D eigenvalue weighted by Gasteiger charge is -2.09. The topological polar surface area (TPSA) is 149 Å². The highest BCUT2D eigenvalue weighted by molar-refractivity contribution is 5.75. The maximum Gasteiger partial charge on any atom is 0.119 e. The summed E-state index contributed by atoms with van der Waals surface area (Å²) in [6.45, 7) is 12.2. The van der Waals surface area contributed by atoms with E-state index in [1.807, 2.05) is 48.5 Å². The Bertz CT molecular complexity index is 1610. The molecule has 1 aliphatic heterocycles. The minimum atomic E-state index is -0.386. The van der Waals surface area contributed by atoms with Crippen LogP contribution in [0.3, 0.4) is 0 Å². The Morgan fingerprint density at radius 1 is 0.414 bits per heavy atom. The molecule has 0 saturated carbocycles. The lowest BCUT2D eigenvalue weighted by molar-refractivity contribution is 0.0444. The molecular weight excluding hydrogens is 883 g/mol. The van der Waals surface area contributed by atoms with Crippen LogP contribution in [0.1, 0.15) is 131 Å². The Morgan fingerprint density at radius 2 is 0.629 bits per heavy atom. The zero-order valence-corrected chi connectivity index (χ0v) is 42.3. The molecule has 3 atom stereocenters.